The van der Waals surface area contributed by atoms with E-state index in [1.807, 2.05) is 37.3 Å². The van der Waals surface area contributed by atoms with Gasteiger partial charge in [0.05, 0.1) is 20.3 Å². The third kappa shape index (κ3) is 4.93. The maximum absolute atomic E-state index is 11.5. The molecule has 0 aromatic heterocycles. The summed E-state index contributed by atoms with van der Waals surface area (Å²) in [6, 6.07) is 12.7. The van der Waals surface area contributed by atoms with Crippen LogP contribution in [0.5, 0.6) is 11.5 Å². The molecule has 2 aromatic rings. The van der Waals surface area contributed by atoms with Gasteiger partial charge in [0.25, 0.3) is 0 Å². The SMILES string of the molecule is COc1ccc(OC)c([C@H](C)NC(=S)Nc2cccc(C(C)=O)c2)c1. The molecule has 0 spiro atoms. The van der Waals surface area contributed by atoms with E-state index in [1.165, 1.54) is 6.92 Å². The molecule has 0 aliphatic rings. The zero-order chi connectivity index (χ0) is 18.4. The van der Waals surface area contributed by atoms with E-state index in [4.69, 9.17) is 21.7 Å². The van der Waals surface area contributed by atoms with E-state index < -0.39 is 0 Å². The van der Waals surface area contributed by atoms with Crippen LogP contribution in [0.1, 0.15) is 35.8 Å². The number of benzene rings is 2. The van der Waals surface area contributed by atoms with Crippen molar-refractivity contribution in [3.8, 4) is 11.5 Å². The van der Waals surface area contributed by atoms with E-state index in [0.29, 0.717) is 10.7 Å². The normalized spacial score (nSPS) is 11.4. The second-order valence-electron chi connectivity index (χ2n) is 5.57. The molecule has 1 atom stereocenters. The summed E-state index contributed by atoms with van der Waals surface area (Å²) < 4.78 is 10.7. The number of Topliss-reactive ketones (excluding diaryl/α,β-unsaturated/α-hetero) is 1. The van der Waals surface area contributed by atoms with E-state index in [-0.39, 0.29) is 11.8 Å². The summed E-state index contributed by atoms with van der Waals surface area (Å²) in [4.78, 5) is 11.5. The predicted molar refractivity (Wildman–Crippen MR) is 104 cm³/mol. The number of rotatable bonds is 6. The molecule has 0 amide bonds. The lowest BCUT2D eigenvalue weighted by Gasteiger charge is -2.20. The van der Waals surface area contributed by atoms with E-state index in [0.717, 1.165) is 22.7 Å². The second kappa shape index (κ2) is 8.48. The third-order valence-electron chi connectivity index (χ3n) is 3.78. The third-order valence-corrected chi connectivity index (χ3v) is 4.00. The molecule has 0 bridgehead atoms. The van der Waals surface area contributed by atoms with Gasteiger partial charge in [-0.25, -0.2) is 0 Å². The highest BCUT2D eigenvalue weighted by atomic mass is 32.1. The Balaban J connectivity index is 2.10. The van der Waals surface area contributed by atoms with Crippen molar-refractivity contribution in [1.29, 1.82) is 0 Å². The number of nitrogens with one attached hydrogen (secondary N) is 2. The molecular weight excluding hydrogens is 336 g/mol. The van der Waals surface area contributed by atoms with Gasteiger partial charge in [0.1, 0.15) is 11.5 Å². The van der Waals surface area contributed by atoms with Crippen LogP contribution >= 0.6 is 12.2 Å². The van der Waals surface area contributed by atoms with Gasteiger partial charge in [-0.1, -0.05) is 12.1 Å². The van der Waals surface area contributed by atoms with E-state index in [9.17, 15) is 4.79 Å². The fourth-order valence-corrected chi connectivity index (χ4v) is 2.73. The lowest BCUT2D eigenvalue weighted by molar-refractivity contribution is 0.101. The molecule has 0 saturated heterocycles. The van der Waals surface area contributed by atoms with Gasteiger partial charge >= 0.3 is 0 Å². The molecule has 2 aromatic carbocycles. The van der Waals surface area contributed by atoms with Crippen molar-refractivity contribution < 1.29 is 14.3 Å². The summed E-state index contributed by atoms with van der Waals surface area (Å²) in [6.45, 7) is 3.52. The smallest absolute Gasteiger partial charge is 0.171 e. The van der Waals surface area contributed by atoms with Crippen LogP contribution in [0.25, 0.3) is 0 Å². The highest BCUT2D eigenvalue weighted by molar-refractivity contribution is 7.80. The Kier molecular flexibility index (Phi) is 6.36. The van der Waals surface area contributed by atoms with Gasteiger partial charge in [-0.2, -0.15) is 0 Å². The van der Waals surface area contributed by atoms with Crippen LogP contribution in [0.3, 0.4) is 0 Å². The summed E-state index contributed by atoms with van der Waals surface area (Å²) in [6.07, 6.45) is 0. The van der Waals surface area contributed by atoms with Crippen LogP contribution in [0.15, 0.2) is 42.5 Å². The van der Waals surface area contributed by atoms with Gasteiger partial charge in [0.15, 0.2) is 10.9 Å². The van der Waals surface area contributed by atoms with Crippen LogP contribution in [0.2, 0.25) is 0 Å². The maximum atomic E-state index is 11.5. The van der Waals surface area contributed by atoms with Gasteiger partial charge < -0.3 is 20.1 Å². The largest absolute Gasteiger partial charge is 0.497 e. The molecule has 6 heteroatoms. The summed E-state index contributed by atoms with van der Waals surface area (Å²) in [5.41, 5.74) is 2.33. The first-order chi connectivity index (χ1) is 11.9. The number of carbonyl (C=O) groups is 1. The van der Waals surface area contributed by atoms with Gasteiger partial charge in [-0.3, -0.25) is 4.79 Å². The number of hydrogen-bond acceptors (Lipinski definition) is 4. The lowest BCUT2D eigenvalue weighted by atomic mass is 10.1. The highest BCUT2D eigenvalue weighted by Gasteiger charge is 2.14. The van der Waals surface area contributed by atoms with Crippen molar-refractivity contribution in [1.82, 2.24) is 5.32 Å². The average molecular weight is 358 g/mol. The molecule has 0 heterocycles. The number of anilines is 1. The molecule has 0 radical (unpaired) electrons. The lowest BCUT2D eigenvalue weighted by Crippen LogP contribution is -2.31. The summed E-state index contributed by atoms with van der Waals surface area (Å²) >= 11 is 5.38. The molecular formula is C19H22N2O3S. The highest BCUT2D eigenvalue weighted by Crippen LogP contribution is 2.29. The van der Waals surface area contributed by atoms with Crippen molar-refractivity contribution in [2.24, 2.45) is 0 Å². The van der Waals surface area contributed by atoms with Crippen LogP contribution in [0, 0.1) is 0 Å². The first kappa shape index (κ1) is 18.7. The standard InChI is InChI=1S/C19H22N2O3S/c1-12(17-11-16(23-3)8-9-18(17)24-4)20-19(25)21-15-7-5-6-14(10-15)13(2)22/h5-12H,1-4H3,(H2,20,21,25)/t12-/m0/s1. The summed E-state index contributed by atoms with van der Waals surface area (Å²) in [5.74, 6) is 1.51. The van der Waals surface area contributed by atoms with Crippen molar-refractivity contribution in [2.45, 2.75) is 19.9 Å². The summed E-state index contributed by atoms with van der Waals surface area (Å²) in [5, 5.41) is 6.78. The Morgan fingerprint density at radius 3 is 2.52 bits per heavy atom. The van der Waals surface area contributed by atoms with E-state index in [1.54, 1.807) is 26.4 Å². The zero-order valence-corrected chi connectivity index (χ0v) is 15.6. The van der Waals surface area contributed by atoms with Crippen LogP contribution in [-0.2, 0) is 0 Å². The fourth-order valence-electron chi connectivity index (χ4n) is 2.44. The number of ketones is 1. The minimum absolute atomic E-state index is 0.0111. The van der Waals surface area contributed by atoms with Gasteiger partial charge in [0.2, 0.25) is 0 Å². The first-order valence-corrected chi connectivity index (χ1v) is 8.26. The minimum Gasteiger partial charge on any atom is -0.497 e. The van der Waals surface area contributed by atoms with Gasteiger partial charge in [0, 0.05) is 16.8 Å². The van der Waals surface area contributed by atoms with Crippen molar-refractivity contribution in [3.05, 3.63) is 53.6 Å². The molecule has 0 unspecified atom stereocenters. The molecule has 2 rings (SSSR count). The van der Waals surface area contributed by atoms with Crippen molar-refractivity contribution in [2.75, 3.05) is 19.5 Å². The Morgan fingerprint density at radius 1 is 1.12 bits per heavy atom. The quantitative estimate of drug-likeness (QED) is 0.602. The maximum Gasteiger partial charge on any atom is 0.171 e. The Hall–Kier alpha value is -2.60. The topological polar surface area (TPSA) is 59.6 Å². The van der Waals surface area contributed by atoms with Crippen LogP contribution in [0.4, 0.5) is 5.69 Å². The number of thiocarbonyl (C=S) groups is 1. The van der Waals surface area contributed by atoms with Crippen LogP contribution < -0.4 is 20.1 Å². The number of ether oxygens (including phenoxy) is 2. The van der Waals surface area contributed by atoms with Crippen LogP contribution in [-0.4, -0.2) is 25.1 Å². The van der Waals surface area contributed by atoms with E-state index in [2.05, 4.69) is 10.6 Å². The molecule has 0 fully saturated rings. The monoisotopic (exact) mass is 358 g/mol. The van der Waals surface area contributed by atoms with Gasteiger partial charge in [-0.15, -0.1) is 0 Å². The average Bonchev–Trinajstić information content (AvgIpc) is 2.61. The minimum atomic E-state index is -0.0963. The number of hydrogen-bond donors (Lipinski definition) is 2. The van der Waals surface area contributed by atoms with Gasteiger partial charge in [-0.05, 0) is 56.4 Å². The Morgan fingerprint density at radius 2 is 1.88 bits per heavy atom. The molecule has 0 aliphatic carbocycles. The Bertz CT molecular complexity index is 777. The second-order valence-corrected chi connectivity index (χ2v) is 5.97. The van der Waals surface area contributed by atoms with E-state index >= 15 is 0 Å². The van der Waals surface area contributed by atoms with Crippen molar-refractivity contribution >= 4 is 28.8 Å². The fraction of sp³-hybridized carbons (Fsp3) is 0.263. The number of carbonyl (C=O) groups excluding carboxylic acids is 1. The molecule has 2 N–H and O–H groups in total. The summed E-state index contributed by atoms with van der Waals surface area (Å²) in [7, 11) is 3.25. The molecule has 25 heavy (non-hydrogen) atoms. The molecule has 0 aliphatic heterocycles. The predicted octanol–water partition coefficient (Wildman–Crippen LogP) is 3.95. The molecule has 5 nitrogen and oxygen atoms in total. The first-order valence-electron chi connectivity index (χ1n) is 7.85. The zero-order valence-electron chi connectivity index (χ0n) is 14.8. The van der Waals surface area contributed by atoms with Crippen molar-refractivity contribution in [3.63, 3.8) is 0 Å². The molecule has 132 valence electrons. The Labute approximate surface area is 153 Å². The molecule has 0 saturated carbocycles. The number of methoxy groups -OCH3 is 2.